The van der Waals surface area contributed by atoms with E-state index in [1.165, 1.54) is 0 Å². The molecule has 0 atom stereocenters. The summed E-state index contributed by atoms with van der Waals surface area (Å²) in [6.45, 7) is 3.83. The Balaban J connectivity index is 2.15. The summed E-state index contributed by atoms with van der Waals surface area (Å²) in [6.07, 6.45) is 0.566. The van der Waals surface area contributed by atoms with Gasteiger partial charge in [0.2, 0.25) is 5.95 Å². The Morgan fingerprint density at radius 1 is 1.35 bits per heavy atom. The fraction of sp³-hybridized carbons (Fsp3) is 0.385. The van der Waals surface area contributed by atoms with Gasteiger partial charge in [0.25, 0.3) is 0 Å². The number of hydrogen-bond donors (Lipinski definition) is 2. The number of carboxylic acid groups (broad SMARTS) is 1. The minimum Gasteiger partial charge on any atom is -0.481 e. The van der Waals surface area contributed by atoms with Gasteiger partial charge >= 0.3 is 5.97 Å². The third-order valence-electron chi connectivity index (χ3n) is 2.88. The van der Waals surface area contributed by atoms with Gasteiger partial charge in [-0.15, -0.1) is 0 Å². The van der Waals surface area contributed by atoms with E-state index in [1.807, 2.05) is 44.2 Å². The largest absolute Gasteiger partial charge is 0.481 e. The lowest BCUT2D eigenvalue weighted by Gasteiger charge is -2.25. The number of para-hydroxylation sites is 1. The SMILES string of the molecule is CC(C)(CCC(=O)O)Nc1nnnn1-c1ccccc1. The zero-order valence-electron chi connectivity index (χ0n) is 11.4. The van der Waals surface area contributed by atoms with Crippen LogP contribution in [0.25, 0.3) is 5.69 Å². The molecular weight excluding hydrogens is 258 g/mol. The first-order chi connectivity index (χ1) is 9.48. The number of aromatic nitrogens is 4. The van der Waals surface area contributed by atoms with Crippen LogP contribution >= 0.6 is 0 Å². The van der Waals surface area contributed by atoms with Crippen molar-refractivity contribution in [1.29, 1.82) is 0 Å². The van der Waals surface area contributed by atoms with Gasteiger partial charge in [0.1, 0.15) is 0 Å². The van der Waals surface area contributed by atoms with Crippen LogP contribution in [0.5, 0.6) is 0 Å². The zero-order valence-corrected chi connectivity index (χ0v) is 11.4. The molecule has 0 fully saturated rings. The molecule has 1 heterocycles. The van der Waals surface area contributed by atoms with Gasteiger partial charge in [-0.1, -0.05) is 23.3 Å². The maximum atomic E-state index is 10.7. The van der Waals surface area contributed by atoms with Crippen molar-refractivity contribution in [1.82, 2.24) is 20.2 Å². The second-order valence-electron chi connectivity index (χ2n) is 5.15. The maximum Gasteiger partial charge on any atom is 0.303 e. The molecule has 0 spiro atoms. The standard InChI is InChI=1S/C13H17N5O2/c1-13(2,9-8-11(19)20)14-12-15-16-17-18(12)10-6-4-3-5-7-10/h3-7H,8-9H2,1-2H3,(H,19,20)(H,14,15,17). The van der Waals surface area contributed by atoms with Crippen LogP contribution in [0.2, 0.25) is 0 Å². The number of rotatable bonds is 6. The number of carbonyl (C=O) groups is 1. The summed E-state index contributed by atoms with van der Waals surface area (Å²) in [5.41, 5.74) is 0.425. The molecule has 0 saturated heterocycles. The molecule has 1 aromatic carbocycles. The molecule has 0 aliphatic rings. The van der Waals surface area contributed by atoms with E-state index < -0.39 is 11.5 Å². The molecule has 20 heavy (non-hydrogen) atoms. The Morgan fingerprint density at radius 2 is 2.05 bits per heavy atom. The normalized spacial score (nSPS) is 11.3. The molecule has 2 rings (SSSR count). The number of tetrazole rings is 1. The van der Waals surface area contributed by atoms with Crippen LogP contribution in [0.4, 0.5) is 5.95 Å². The molecule has 0 unspecified atom stereocenters. The Bertz CT molecular complexity index is 579. The van der Waals surface area contributed by atoms with E-state index in [9.17, 15) is 4.79 Å². The molecule has 0 aliphatic heterocycles. The lowest BCUT2D eigenvalue weighted by Crippen LogP contribution is -2.33. The van der Waals surface area contributed by atoms with Gasteiger partial charge < -0.3 is 10.4 Å². The molecule has 7 nitrogen and oxygen atoms in total. The van der Waals surface area contributed by atoms with Crippen LogP contribution in [0.1, 0.15) is 26.7 Å². The first kappa shape index (κ1) is 14.0. The summed E-state index contributed by atoms with van der Waals surface area (Å²) in [6, 6.07) is 9.50. The van der Waals surface area contributed by atoms with Crippen LogP contribution in [-0.2, 0) is 4.79 Å². The third kappa shape index (κ3) is 3.53. The molecule has 0 amide bonds. The summed E-state index contributed by atoms with van der Waals surface area (Å²) >= 11 is 0. The molecule has 0 radical (unpaired) electrons. The maximum absolute atomic E-state index is 10.7. The summed E-state index contributed by atoms with van der Waals surface area (Å²) in [5, 5.41) is 23.5. The van der Waals surface area contributed by atoms with Crippen LogP contribution in [0, 0.1) is 0 Å². The van der Waals surface area contributed by atoms with Crippen molar-refractivity contribution in [2.75, 3.05) is 5.32 Å². The second-order valence-corrected chi connectivity index (χ2v) is 5.15. The van der Waals surface area contributed by atoms with Gasteiger partial charge in [-0.25, -0.2) is 0 Å². The summed E-state index contributed by atoms with van der Waals surface area (Å²) < 4.78 is 1.59. The lowest BCUT2D eigenvalue weighted by molar-refractivity contribution is -0.137. The number of anilines is 1. The molecule has 0 bridgehead atoms. The van der Waals surface area contributed by atoms with Crippen molar-refractivity contribution in [2.45, 2.75) is 32.2 Å². The average Bonchev–Trinajstić information content (AvgIpc) is 2.85. The monoisotopic (exact) mass is 275 g/mol. The van der Waals surface area contributed by atoms with E-state index in [1.54, 1.807) is 4.68 Å². The molecule has 2 N–H and O–H groups in total. The average molecular weight is 275 g/mol. The van der Waals surface area contributed by atoms with Crippen molar-refractivity contribution in [3.05, 3.63) is 30.3 Å². The number of nitrogens with one attached hydrogen (secondary N) is 1. The van der Waals surface area contributed by atoms with E-state index >= 15 is 0 Å². The highest BCUT2D eigenvalue weighted by molar-refractivity contribution is 5.66. The smallest absolute Gasteiger partial charge is 0.303 e. The Hall–Kier alpha value is -2.44. The van der Waals surface area contributed by atoms with Crippen LogP contribution in [0.3, 0.4) is 0 Å². The van der Waals surface area contributed by atoms with Crippen molar-refractivity contribution >= 4 is 11.9 Å². The number of nitrogens with zero attached hydrogens (tertiary/aromatic N) is 4. The first-order valence-corrected chi connectivity index (χ1v) is 6.32. The Morgan fingerprint density at radius 3 is 2.70 bits per heavy atom. The van der Waals surface area contributed by atoms with E-state index in [0.29, 0.717) is 12.4 Å². The fourth-order valence-electron chi connectivity index (χ4n) is 1.79. The van der Waals surface area contributed by atoms with Crippen molar-refractivity contribution in [3.63, 3.8) is 0 Å². The number of hydrogen-bond acceptors (Lipinski definition) is 5. The topological polar surface area (TPSA) is 92.9 Å². The molecule has 1 aromatic heterocycles. The number of carboxylic acids is 1. The van der Waals surface area contributed by atoms with Gasteiger partial charge in [0.15, 0.2) is 0 Å². The van der Waals surface area contributed by atoms with E-state index in [4.69, 9.17) is 5.11 Å². The zero-order chi connectivity index (χ0) is 14.6. The van der Waals surface area contributed by atoms with Crippen molar-refractivity contribution in [3.8, 4) is 5.69 Å². The summed E-state index contributed by atoms with van der Waals surface area (Å²) in [4.78, 5) is 10.7. The fourth-order valence-corrected chi connectivity index (χ4v) is 1.79. The third-order valence-corrected chi connectivity index (χ3v) is 2.88. The second kappa shape index (κ2) is 5.68. The lowest BCUT2D eigenvalue weighted by atomic mass is 9.99. The van der Waals surface area contributed by atoms with E-state index in [-0.39, 0.29) is 6.42 Å². The van der Waals surface area contributed by atoms with Crippen LogP contribution < -0.4 is 5.32 Å². The quantitative estimate of drug-likeness (QED) is 0.833. The molecule has 7 heteroatoms. The highest BCUT2D eigenvalue weighted by atomic mass is 16.4. The molecule has 0 aliphatic carbocycles. The summed E-state index contributed by atoms with van der Waals surface area (Å²) in [5.74, 6) is -0.325. The molecule has 106 valence electrons. The van der Waals surface area contributed by atoms with E-state index in [0.717, 1.165) is 5.69 Å². The van der Waals surface area contributed by atoms with E-state index in [2.05, 4.69) is 20.8 Å². The molecular formula is C13H17N5O2. The van der Waals surface area contributed by atoms with Crippen molar-refractivity contribution < 1.29 is 9.90 Å². The number of benzene rings is 1. The van der Waals surface area contributed by atoms with Gasteiger partial charge in [-0.2, -0.15) is 4.68 Å². The van der Waals surface area contributed by atoms with Gasteiger partial charge in [-0.05, 0) is 42.8 Å². The predicted octanol–water partition coefficient (Wildman–Crippen LogP) is 1.72. The van der Waals surface area contributed by atoms with Crippen molar-refractivity contribution in [2.24, 2.45) is 0 Å². The van der Waals surface area contributed by atoms with Crippen LogP contribution in [0.15, 0.2) is 30.3 Å². The van der Waals surface area contributed by atoms with Gasteiger partial charge in [0, 0.05) is 12.0 Å². The Kier molecular flexibility index (Phi) is 3.97. The predicted molar refractivity (Wildman–Crippen MR) is 73.7 cm³/mol. The minimum atomic E-state index is -0.817. The van der Waals surface area contributed by atoms with Crippen LogP contribution in [-0.4, -0.2) is 36.8 Å². The minimum absolute atomic E-state index is 0.0902. The van der Waals surface area contributed by atoms with Gasteiger partial charge in [0.05, 0.1) is 5.69 Å². The first-order valence-electron chi connectivity index (χ1n) is 6.32. The number of aliphatic carboxylic acids is 1. The highest BCUT2D eigenvalue weighted by Gasteiger charge is 2.22. The molecule has 0 saturated carbocycles. The Labute approximate surface area is 116 Å². The van der Waals surface area contributed by atoms with Gasteiger partial charge in [-0.3, -0.25) is 4.79 Å². The molecule has 2 aromatic rings. The summed E-state index contributed by atoms with van der Waals surface area (Å²) in [7, 11) is 0. The highest BCUT2D eigenvalue weighted by Crippen LogP contribution is 2.19.